The van der Waals surface area contributed by atoms with Gasteiger partial charge in [-0.15, -0.1) is 0 Å². The van der Waals surface area contributed by atoms with Crippen LogP contribution in [0.5, 0.6) is 0 Å². The number of aldehydes is 1. The van der Waals surface area contributed by atoms with Gasteiger partial charge in [-0.25, -0.2) is 0 Å². The minimum Gasteiger partial charge on any atom is -0.361 e. The molecule has 2 unspecified atom stereocenters. The van der Waals surface area contributed by atoms with Gasteiger partial charge < -0.3 is 9.53 Å². The molecule has 13 heavy (non-hydrogen) atoms. The molecular weight excluding hydrogens is 164 g/mol. The summed E-state index contributed by atoms with van der Waals surface area (Å²) in [7, 11) is 0. The van der Waals surface area contributed by atoms with E-state index in [9.17, 15) is 4.79 Å². The molecule has 2 nitrogen and oxygen atoms in total. The summed E-state index contributed by atoms with van der Waals surface area (Å²) in [5.74, 6) is 1.52. The van der Waals surface area contributed by atoms with Gasteiger partial charge in [0.2, 0.25) is 0 Å². The van der Waals surface area contributed by atoms with Crippen molar-refractivity contribution in [2.24, 2.45) is 11.8 Å². The summed E-state index contributed by atoms with van der Waals surface area (Å²) in [5.41, 5.74) is -0.343. The topological polar surface area (TPSA) is 26.3 Å². The fourth-order valence-corrected chi connectivity index (χ4v) is 4.09. The van der Waals surface area contributed by atoms with E-state index in [-0.39, 0.29) is 11.2 Å². The van der Waals surface area contributed by atoms with E-state index in [0.29, 0.717) is 0 Å². The third-order valence-electron chi connectivity index (χ3n) is 4.04. The zero-order valence-corrected chi connectivity index (χ0v) is 8.08. The van der Waals surface area contributed by atoms with Crippen LogP contribution < -0.4 is 0 Å². The number of hydrogen-bond donors (Lipinski definition) is 0. The average Bonchev–Trinajstić information content (AvgIpc) is 1.99. The van der Waals surface area contributed by atoms with Crippen LogP contribution in [0.3, 0.4) is 0 Å². The molecule has 2 saturated carbocycles. The summed E-state index contributed by atoms with van der Waals surface area (Å²) >= 11 is 0. The highest BCUT2D eigenvalue weighted by Crippen LogP contribution is 2.56. The molecule has 2 saturated heterocycles. The Morgan fingerprint density at radius 3 is 2.31 bits per heavy atom. The Hall–Kier alpha value is -0.370. The molecule has 2 heterocycles. The summed E-state index contributed by atoms with van der Waals surface area (Å²) in [5, 5.41) is 0. The van der Waals surface area contributed by atoms with Crippen molar-refractivity contribution in [2.75, 3.05) is 0 Å². The van der Waals surface area contributed by atoms with Crippen molar-refractivity contribution in [1.82, 2.24) is 0 Å². The first-order valence-electron chi connectivity index (χ1n) is 5.30. The summed E-state index contributed by atoms with van der Waals surface area (Å²) < 4.78 is 5.98. The average molecular weight is 180 g/mol. The number of rotatable bonds is 1. The maximum atomic E-state index is 11.1. The fourth-order valence-electron chi connectivity index (χ4n) is 4.09. The molecule has 0 aromatic carbocycles. The zero-order chi connectivity index (χ0) is 9.10. The van der Waals surface area contributed by atoms with E-state index in [2.05, 4.69) is 6.92 Å². The molecule has 2 aliphatic carbocycles. The molecule has 0 N–H and O–H groups in total. The molecule has 0 spiro atoms. The van der Waals surface area contributed by atoms with Gasteiger partial charge in [0.1, 0.15) is 5.60 Å². The van der Waals surface area contributed by atoms with Gasteiger partial charge in [0.15, 0.2) is 6.29 Å². The highest BCUT2D eigenvalue weighted by atomic mass is 16.5. The molecule has 2 aliphatic heterocycles. The second kappa shape index (κ2) is 2.17. The van der Waals surface area contributed by atoms with Crippen LogP contribution in [0.2, 0.25) is 0 Å². The predicted molar refractivity (Wildman–Crippen MR) is 48.4 cm³/mol. The van der Waals surface area contributed by atoms with Gasteiger partial charge in [0, 0.05) is 0 Å². The molecule has 0 amide bonds. The first kappa shape index (κ1) is 7.98. The van der Waals surface area contributed by atoms with Crippen molar-refractivity contribution in [3.8, 4) is 0 Å². The fraction of sp³-hybridized carbons (Fsp3) is 0.909. The van der Waals surface area contributed by atoms with Crippen molar-refractivity contribution < 1.29 is 9.53 Å². The first-order valence-corrected chi connectivity index (χ1v) is 5.30. The Bertz CT molecular complexity index is 245. The number of carbonyl (C=O) groups excluding carboxylic acids is 1. The lowest BCUT2D eigenvalue weighted by molar-refractivity contribution is -0.251. The third kappa shape index (κ3) is 1.01. The molecule has 2 atom stereocenters. The third-order valence-corrected chi connectivity index (χ3v) is 4.04. The van der Waals surface area contributed by atoms with Crippen molar-refractivity contribution in [1.29, 1.82) is 0 Å². The second-order valence-corrected chi connectivity index (χ2v) is 5.52. The van der Waals surface area contributed by atoms with E-state index in [1.807, 2.05) is 0 Å². The van der Waals surface area contributed by atoms with E-state index in [1.54, 1.807) is 0 Å². The van der Waals surface area contributed by atoms with Gasteiger partial charge in [-0.3, -0.25) is 0 Å². The molecule has 4 bridgehead atoms. The molecule has 2 heteroatoms. The molecule has 0 aromatic heterocycles. The van der Waals surface area contributed by atoms with E-state index < -0.39 is 0 Å². The van der Waals surface area contributed by atoms with Gasteiger partial charge >= 0.3 is 0 Å². The maximum absolute atomic E-state index is 11.1. The van der Waals surface area contributed by atoms with E-state index in [1.165, 1.54) is 19.3 Å². The Kier molecular flexibility index (Phi) is 1.33. The van der Waals surface area contributed by atoms with Crippen LogP contribution in [-0.4, -0.2) is 17.5 Å². The van der Waals surface area contributed by atoms with Crippen LogP contribution in [0.1, 0.15) is 39.0 Å². The molecule has 4 fully saturated rings. The lowest BCUT2D eigenvalue weighted by Gasteiger charge is -2.59. The summed E-state index contributed by atoms with van der Waals surface area (Å²) in [4.78, 5) is 11.1. The summed E-state index contributed by atoms with van der Waals surface area (Å²) in [6, 6.07) is 0. The van der Waals surface area contributed by atoms with Gasteiger partial charge in [-0.1, -0.05) is 0 Å². The lowest BCUT2D eigenvalue weighted by Crippen LogP contribution is -2.60. The highest BCUT2D eigenvalue weighted by molar-refractivity contribution is 5.63. The highest BCUT2D eigenvalue weighted by Gasteiger charge is 2.56. The minimum absolute atomic E-state index is 0.0327. The molecule has 4 rings (SSSR count). The minimum atomic E-state index is -0.376. The number of hydrogen-bond acceptors (Lipinski definition) is 2. The quantitative estimate of drug-likeness (QED) is 0.576. The van der Waals surface area contributed by atoms with Crippen molar-refractivity contribution in [3.63, 3.8) is 0 Å². The van der Waals surface area contributed by atoms with Crippen LogP contribution in [-0.2, 0) is 9.53 Å². The monoisotopic (exact) mass is 180 g/mol. The standard InChI is InChI=1S/C11H16O2/c1-10-3-8-2-9(4-10)6-11(5-8,7-12)13-10/h7-9H,2-6H2,1H3. The lowest BCUT2D eigenvalue weighted by atomic mass is 9.59. The van der Waals surface area contributed by atoms with Gasteiger partial charge in [0.25, 0.3) is 0 Å². The van der Waals surface area contributed by atoms with Gasteiger partial charge in [-0.2, -0.15) is 0 Å². The molecule has 72 valence electrons. The smallest absolute Gasteiger partial charge is 0.151 e. The van der Waals surface area contributed by atoms with Crippen LogP contribution in [0.4, 0.5) is 0 Å². The normalized spacial score (nSPS) is 58.2. The van der Waals surface area contributed by atoms with Crippen molar-refractivity contribution in [2.45, 2.75) is 50.2 Å². The van der Waals surface area contributed by atoms with E-state index in [4.69, 9.17) is 4.74 Å². The first-order chi connectivity index (χ1) is 6.13. The molecule has 4 aliphatic rings. The molecule has 0 radical (unpaired) electrons. The molecule has 0 aromatic rings. The molecular formula is C11H16O2. The Balaban J connectivity index is 2.00. The maximum Gasteiger partial charge on any atom is 0.151 e. The SMILES string of the molecule is CC12CC3CC(C1)CC(C=O)(C3)O2. The summed E-state index contributed by atoms with van der Waals surface area (Å²) in [6.07, 6.45) is 6.75. The van der Waals surface area contributed by atoms with Gasteiger partial charge in [0.05, 0.1) is 5.60 Å². The zero-order valence-electron chi connectivity index (χ0n) is 8.08. The van der Waals surface area contributed by atoms with Crippen LogP contribution in [0.25, 0.3) is 0 Å². The Labute approximate surface area is 78.6 Å². The second-order valence-electron chi connectivity index (χ2n) is 5.52. The van der Waals surface area contributed by atoms with Crippen LogP contribution in [0, 0.1) is 11.8 Å². The van der Waals surface area contributed by atoms with Crippen LogP contribution in [0.15, 0.2) is 0 Å². The van der Waals surface area contributed by atoms with Crippen molar-refractivity contribution in [3.05, 3.63) is 0 Å². The number of carbonyl (C=O) groups is 1. The summed E-state index contributed by atoms with van der Waals surface area (Å²) in [6.45, 7) is 2.18. The van der Waals surface area contributed by atoms with E-state index >= 15 is 0 Å². The van der Waals surface area contributed by atoms with E-state index in [0.717, 1.165) is 31.0 Å². The van der Waals surface area contributed by atoms with Gasteiger partial charge in [-0.05, 0) is 50.9 Å². The predicted octanol–water partition coefficient (Wildman–Crippen LogP) is 1.92. The number of ether oxygens (including phenoxy) is 1. The Morgan fingerprint density at radius 1 is 1.23 bits per heavy atom. The largest absolute Gasteiger partial charge is 0.361 e. The van der Waals surface area contributed by atoms with Crippen LogP contribution >= 0.6 is 0 Å². The Morgan fingerprint density at radius 2 is 1.85 bits per heavy atom. The van der Waals surface area contributed by atoms with Crippen molar-refractivity contribution >= 4 is 6.29 Å².